The van der Waals surface area contributed by atoms with Crippen LogP contribution in [0.3, 0.4) is 0 Å². The minimum absolute atomic E-state index is 0.115. The van der Waals surface area contributed by atoms with Crippen LogP contribution in [0.5, 0.6) is 0 Å². The van der Waals surface area contributed by atoms with Crippen LogP contribution < -0.4 is 10.6 Å². The summed E-state index contributed by atoms with van der Waals surface area (Å²) < 4.78 is 4.88. The van der Waals surface area contributed by atoms with Crippen LogP contribution in [0.2, 0.25) is 5.02 Å². The van der Waals surface area contributed by atoms with Crippen molar-refractivity contribution in [3.8, 4) is 0 Å². The van der Waals surface area contributed by atoms with Crippen molar-refractivity contribution in [2.45, 2.75) is 13.5 Å². The van der Waals surface area contributed by atoms with Gasteiger partial charge in [-0.05, 0) is 24.6 Å². The molecule has 2 N–H and O–H groups in total. The second-order valence-corrected chi connectivity index (χ2v) is 4.52. The Morgan fingerprint density at radius 2 is 2.11 bits per heavy atom. The molecule has 0 aliphatic heterocycles. The molecule has 19 heavy (non-hydrogen) atoms. The van der Waals surface area contributed by atoms with Crippen molar-refractivity contribution >= 4 is 23.3 Å². The molecule has 6 heteroatoms. The van der Waals surface area contributed by atoms with Crippen LogP contribution in [0.1, 0.15) is 11.3 Å². The average Bonchev–Trinajstić information content (AvgIpc) is 2.81. The van der Waals surface area contributed by atoms with Gasteiger partial charge in [-0.15, -0.1) is 0 Å². The van der Waals surface area contributed by atoms with E-state index >= 15 is 0 Å². The number of amides is 1. The molecule has 0 fully saturated rings. The first-order chi connectivity index (χ1) is 9.13. The topological polar surface area (TPSA) is 67.2 Å². The summed E-state index contributed by atoms with van der Waals surface area (Å²) in [5, 5.41) is 10.1. The normalized spacial score (nSPS) is 10.2. The molecule has 1 aromatic heterocycles. The van der Waals surface area contributed by atoms with Crippen molar-refractivity contribution in [3.05, 3.63) is 46.7 Å². The van der Waals surface area contributed by atoms with Crippen molar-refractivity contribution in [1.29, 1.82) is 0 Å². The van der Waals surface area contributed by atoms with Crippen LogP contribution in [0, 0.1) is 6.92 Å². The maximum absolute atomic E-state index is 11.6. The van der Waals surface area contributed by atoms with E-state index in [2.05, 4.69) is 15.8 Å². The Hall–Kier alpha value is -2.01. The smallest absolute Gasteiger partial charge is 0.239 e. The number of anilines is 1. The summed E-state index contributed by atoms with van der Waals surface area (Å²) >= 11 is 5.78. The quantitative estimate of drug-likeness (QED) is 0.882. The molecule has 1 aromatic carbocycles. The average molecular weight is 280 g/mol. The number of benzene rings is 1. The van der Waals surface area contributed by atoms with E-state index in [1.165, 1.54) is 0 Å². The van der Waals surface area contributed by atoms with Gasteiger partial charge in [0.2, 0.25) is 5.91 Å². The third-order valence-electron chi connectivity index (χ3n) is 2.46. The minimum Gasteiger partial charge on any atom is -0.360 e. The van der Waals surface area contributed by atoms with Crippen LogP contribution in [-0.4, -0.2) is 17.6 Å². The van der Waals surface area contributed by atoms with E-state index < -0.39 is 0 Å². The number of halogens is 1. The first kappa shape index (κ1) is 13.4. The van der Waals surface area contributed by atoms with Gasteiger partial charge in [-0.25, -0.2) is 0 Å². The zero-order valence-corrected chi connectivity index (χ0v) is 11.2. The Morgan fingerprint density at radius 3 is 2.74 bits per heavy atom. The molecule has 0 radical (unpaired) electrons. The van der Waals surface area contributed by atoms with Gasteiger partial charge in [0.15, 0.2) is 5.82 Å². The lowest BCUT2D eigenvalue weighted by Gasteiger charge is -2.05. The Labute approximate surface area is 115 Å². The fraction of sp³-hybridized carbons (Fsp3) is 0.231. The molecule has 5 nitrogen and oxygen atoms in total. The van der Waals surface area contributed by atoms with Crippen molar-refractivity contribution in [2.24, 2.45) is 0 Å². The predicted molar refractivity (Wildman–Crippen MR) is 73.0 cm³/mol. The number of carbonyl (C=O) groups is 1. The summed E-state index contributed by atoms with van der Waals surface area (Å²) in [6.45, 7) is 2.41. The molecule has 0 unspecified atom stereocenters. The third-order valence-corrected chi connectivity index (χ3v) is 2.71. The van der Waals surface area contributed by atoms with Gasteiger partial charge in [0, 0.05) is 17.6 Å². The zero-order chi connectivity index (χ0) is 13.7. The first-order valence-corrected chi connectivity index (χ1v) is 6.19. The van der Waals surface area contributed by atoms with E-state index in [0.717, 1.165) is 5.56 Å². The number of nitrogens with zero attached hydrogens (tertiary/aromatic N) is 1. The molecule has 2 rings (SSSR count). The van der Waals surface area contributed by atoms with Gasteiger partial charge in [-0.1, -0.05) is 28.9 Å². The van der Waals surface area contributed by atoms with E-state index in [1.807, 2.05) is 12.1 Å². The van der Waals surface area contributed by atoms with Gasteiger partial charge in [0.1, 0.15) is 5.76 Å². The second-order valence-electron chi connectivity index (χ2n) is 4.08. The molecule has 1 amide bonds. The Morgan fingerprint density at radius 1 is 1.37 bits per heavy atom. The Bertz CT molecular complexity index is 551. The van der Waals surface area contributed by atoms with Crippen LogP contribution in [0.25, 0.3) is 0 Å². The fourth-order valence-electron chi connectivity index (χ4n) is 1.49. The standard InChI is InChI=1S/C13H14ClN3O2/c1-9-6-12(17-19-9)15-8-13(18)16-7-10-2-4-11(14)5-3-10/h2-6H,7-8H2,1H3,(H,15,17)(H,16,18). The Balaban J connectivity index is 1.74. The fourth-order valence-corrected chi connectivity index (χ4v) is 1.61. The van der Waals surface area contributed by atoms with Gasteiger partial charge < -0.3 is 15.2 Å². The lowest BCUT2D eigenvalue weighted by atomic mass is 10.2. The highest BCUT2D eigenvalue weighted by atomic mass is 35.5. The molecular formula is C13H14ClN3O2. The van der Waals surface area contributed by atoms with Crippen LogP contribution in [-0.2, 0) is 11.3 Å². The van der Waals surface area contributed by atoms with Crippen molar-refractivity contribution in [2.75, 3.05) is 11.9 Å². The second kappa shape index (κ2) is 6.24. The maximum atomic E-state index is 11.6. The van der Waals surface area contributed by atoms with Gasteiger partial charge >= 0.3 is 0 Å². The summed E-state index contributed by atoms with van der Waals surface area (Å²) in [7, 11) is 0. The van der Waals surface area contributed by atoms with Gasteiger partial charge in [0.25, 0.3) is 0 Å². The maximum Gasteiger partial charge on any atom is 0.239 e. The summed E-state index contributed by atoms with van der Waals surface area (Å²) in [5.41, 5.74) is 0.995. The number of aromatic nitrogens is 1. The van der Waals surface area contributed by atoms with Crippen LogP contribution in [0.4, 0.5) is 5.82 Å². The van der Waals surface area contributed by atoms with E-state index in [0.29, 0.717) is 23.1 Å². The largest absolute Gasteiger partial charge is 0.360 e. The number of hydrogen-bond acceptors (Lipinski definition) is 4. The van der Waals surface area contributed by atoms with Crippen molar-refractivity contribution < 1.29 is 9.32 Å². The molecule has 100 valence electrons. The molecular weight excluding hydrogens is 266 g/mol. The molecule has 0 saturated carbocycles. The van der Waals surface area contributed by atoms with Gasteiger partial charge in [0.05, 0.1) is 6.54 Å². The molecule has 0 aliphatic rings. The van der Waals surface area contributed by atoms with Crippen LogP contribution in [0.15, 0.2) is 34.9 Å². The minimum atomic E-state index is -0.115. The molecule has 0 spiro atoms. The van der Waals surface area contributed by atoms with Gasteiger partial charge in [-0.2, -0.15) is 0 Å². The van der Waals surface area contributed by atoms with Crippen molar-refractivity contribution in [1.82, 2.24) is 10.5 Å². The summed E-state index contributed by atoms with van der Waals surface area (Å²) in [6.07, 6.45) is 0. The highest BCUT2D eigenvalue weighted by molar-refractivity contribution is 6.30. The van der Waals surface area contributed by atoms with E-state index in [4.69, 9.17) is 16.1 Å². The number of rotatable bonds is 5. The first-order valence-electron chi connectivity index (χ1n) is 5.82. The highest BCUT2D eigenvalue weighted by Gasteiger charge is 2.04. The number of carbonyl (C=O) groups excluding carboxylic acids is 1. The van der Waals surface area contributed by atoms with Crippen LogP contribution >= 0.6 is 11.6 Å². The zero-order valence-electron chi connectivity index (χ0n) is 10.4. The molecule has 2 aromatic rings. The van der Waals surface area contributed by atoms with Gasteiger partial charge in [-0.3, -0.25) is 4.79 Å². The molecule has 0 saturated heterocycles. The van der Waals surface area contributed by atoms with Crippen molar-refractivity contribution in [3.63, 3.8) is 0 Å². The van der Waals surface area contributed by atoms with E-state index in [1.54, 1.807) is 25.1 Å². The molecule has 0 bridgehead atoms. The lowest BCUT2D eigenvalue weighted by Crippen LogP contribution is -2.29. The summed E-state index contributed by atoms with van der Waals surface area (Å²) in [4.78, 5) is 11.6. The molecule has 0 atom stereocenters. The summed E-state index contributed by atoms with van der Waals surface area (Å²) in [5.74, 6) is 1.14. The molecule has 0 aliphatic carbocycles. The number of aryl methyl sites for hydroxylation is 1. The van der Waals surface area contributed by atoms with E-state index in [9.17, 15) is 4.79 Å². The lowest BCUT2D eigenvalue weighted by molar-refractivity contribution is -0.119. The monoisotopic (exact) mass is 279 g/mol. The summed E-state index contributed by atoms with van der Waals surface area (Å²) in [6, 6.07) is 9.06. The predicted octanol–water partition coefficient (Wildman–Crippen LogP) is 2.36. The number of hydrogen-bond donors (Lipinski definition) is 2. The number of nitrogens with one attached hydrogen (secondary N) is 2. The third kappa shape index (κ3) is 4.30. The van der Waals surface area contributed by atoms with E-state index in [-0.39, 0.29) is 12.5 Å². The SMILES string of the molecule is Cc1cc(NCC(=O)NCc2ccc(Cl)cc2)no1. The molecule has 1 heterocycles. The Kier molecular flexibility index (Phi) is 4.41. The highest BCUT2D eigenvalue weighted by Crippen LogP contribution is 2.09.